The zero-order valence-corrected chi connectivity index (χ0v) is 9.39. The Balaban J connectivity index is 2.74. The van der Waals surface area contributed by atoms with Crippen molar-refractivity contribution in [2.75, 3.05) is 18.8 Å². The molecule has 0 aliphatic heterocycles. The summed E-state index contributed by atoms with van der Waals surface area (Å²) in [5.74, 6) is -0.578. The van der Waals surface area contributed by atoms with Gasteiger partial charge in [-0.05, 0) is 18.7 Å². The van der Waals surface area contributed by atoms with Gasteiger partial charge in [-0.25, -0.2) is 4.39 Å². The molecule has 0 aliphatic rings. The van der Waals surface area contributed by atoms with Crippen LogP contribution in [0.5, 0.6) is 0 Å². The van der Waals surface area contributed by atoms with Gasteiger partial charge in [-0.2, -0.15) is 13.2 Å². The molecule has 96 valence electrons. The van der Waals surface area contributed by atoms with E-state index in [2.05, 4.69) is 0 Å². The molecular formula is C11H14F4N2. The molecule has 0 saturated heterocycles. The van der Waals surface area contributed by atoms with Crippen molar-refractivity contribution in [3.8, 4) is 0 Å². The van der Waals surface area contributed by atoms with Crippen LogP contribution in [-0.2, 0) is 6.54 Å². The molecule has 1 aromatic rings. The minimum Gasteiger partial charge on any atom is -0.399 e. The summed E-state index contributed by atoms with van der Waals surface area (Å²) in [6, 6.07) is 3.99. The second-order valence-electron chi connectivity index (χ2n) is 3.77. The maximum Gasteiger partial charge on any atom is 0.401 e. The summed E-state index contributed by atoms with van der Waals surface area (Å²) in [6.07, 6.45) is -4.28. The molecule has 6 heteroatoms. The van der Waals surface area contributed by atoms with E-state index < -0.39 is 18.5 Å². The Morgan fingerprint density at radius 2 is 1.94 bits per heavy atom. The number of nitrogens with zero attached hydrogens (tertiary/aromatic N) is 1. The van der Waals surface area contributed by atoms with Gasteiger partial charge in [-0.15, -0.1) is 0 Å². The van der Waals surface area contributed by atoms with Crippen molar-refractivity contribution in [1.29, 1.82) is 0 Å². The first-order valence-corrected chi connectivity index (χ1v) is 5.15. The Bertz CT molecular complexity index is 376. The Hall–Kier alpha value is -1.30. The third kappa shape index (κ3) is 4.60. The minimum absolute atomic E-state index is 0.0812. The lowest BCUT2D eigenvalue weighted by molar-refractivity contribution is -0.146. The largest absolute Gasteiger partial charge is 0.401 e. The Kier molecular flexibility index (Phi) is 4.34. The van der Waals surface area contributed by atoms with Crippen LogP contribution in [0, 0.1) is 5.82 Å². The van der Waals surface area contributed by atoms with Crippen LogP contribution in [0.3, 0.4) is 0 Å². The fourth-order valence-electron chi connectivity index (χ4n) is 1.47. The normalized spacial score (nSPS) is 12.1. The van der Waals surface area contributed by atoms with E-state index in [-0.39, 0.29) is 24.3 Å². The first kappa shape index (κ1) is 13.8. The highest BCUT2D eigenvalue weighted by Crippen LogP contribution is 2.19. The first-order chi connectivity index (χ1) is 7.81. The van der Waals surface area contributed by atoms with Crippen molar-refractivity contribution in [2.24, 2.45) is 0 Å². The van der Waals surface area contributed by atoms with Crippen molar-refractivity contribution >= 4 is 5.69 Å². The Morgan fingerprint density at radius 3 is 2.41 bits per heavy atom. The van der Waals surface area contributed by atoms with Gasteiger partial charge in [-0.3, -0.25) is 4.90 Å². The van der Waals surface area contributed by atoms with Crippen LogP contribution >= 0.6 is 0 Å². The molecule has 0 bridgehead atoms. The van der Waals surface area contributed by atoms with Crippen LogP contribution < -0.4 is 5.73 Å². The molecular weight excluding hydrogens is 236 g/mol. The van der Waals surface area contributed by atoms with Gasteiger partial charge in [0.2, 0.25) is 0 Å². The number of hydrogen-bond donors (Lipinski definition) is 1. The molecule has 0 atom stereocenters. The SMILES string of the molecule is CCN(Cc1ccc(N)cc1F)CC(F)(F)F. The van der Waals surface area contributed by atoms with E-state index in [0.29, 0.717) is 0 Å². The van der Waals surface area contributed by atoms with Crippen LogP contribution in [0.2, 0.25) is 0 Å². The van der Waals surface area contributed by atoms with Gasteiger partial charge < -0.3 is 5.73 Å². The number of halogens is 4. The molecule has 1 rings (SSSR count). The molecule has 0 radical (unpaired) electrons. The van der Waals surface area contributed by atoms with E-state index in [4.69, 9.17) is 5.73 Å². The molecule has 0 unspecified atom stereocenters. The maximum atomic E-state index is 13.4. The highest BCUT2D eigenvalue weighted by atomic mass is 19.4. The third-order valence-corrected chi connectivity index (χ3v) is 2.32. The van der Waals surface area contributed by atoms with Crippen LogP contribution in [0.4, 0.5) is 23.2 Å². The average Bonchev–Trinajstić information content (AvgIpc) is 2.19. The van der Waals surface area contributed by atoms with Gasteiger partial charge in [0.05, 0.1) is 6.54 Å². The molecule has 0 aliphatic carbocycles. The molecule has 17 heavy (non-hydrogen) atoms. The molecule has 0 aromatic heterocycles. The van der Waals surface area contributed by atoms with Crippen molar-refractivity contribution in [3.05, 3.63) is 29.6 Å². The van der Waals surface area contributed by atoms with Gasteiger partial charge in [-0.1, -0.05) is 13.0 Å². The van der Waals surface area contributed by atoms with Crippen molar-refractivity contribution < 1.29 is 17.6 Å². The quantitative estimate of drug-likeness (QED) is 0.657. The first-order valence-electron chi connectivity index (χ1n) is 5.15. The van der Waals surface area contributed by atoms with Crippen LogP contribution in [0.15, 0.2) is 18.2 Å². The monoisotopic (exact) mass is 250 g/mol. The number of nitrogens with two attached hydrogens (primary N) is 1. The predicted molar refractivity (Wildman–Crippen MR) is 57.8 cm³/mol. The smallest absolute Gasteiger partial charge is 0.399 e. The Labute approximate surface area is 97.0 Å². The van der Waals surface area contributed by atoms with E-state index in [1.54, 1.807) is 6.92 Å². The number of alkyl halides is 3. The molecule has 0 saturated carbocycles. The maximum absolute atomic E-state index is 13.4. The lowest BCUT2D eigenvalue weighted by Gasteiger charge is -2.22. The molecule has 0 amide bonds. The van der Waals surface area contributed by atoms with Crippen LogP contribution in [0.1, 0.15) is 12.5 Å². The average molecular weight is 250 g/mol. The standard InChI is InChI=1S/C11H14F4N2/c1-2-17(7-11(13,14)15)6-8-3-4-9(16)5-10(8)12/h3-5H,2,6-7,16H2,1H3. The lowest BCUT2D eigenvalue weighted by atomic mass is 10.2. The minimum atomic E-state index is -4.28. The molecule has 2 N–H and O–H groups in total. The highest BCUT2D eigenvalue weighted by molar-refractivity contribution is 5.40. The third-order valence-electron chi connectivity index (χ3n) is 2.32. The summed E-state index contributed by atoms with van der Waals surface area (Å²) in [5, 5.41) is 0. The topological polar surface area (TPSA) is 29.3 Å². The molecule has 2 nitrogen and oxygen atoms in total. The number of hydrogen-bond acceptors (Lipinski definition) is 2. The molecule has 1 aromatic carbocycles. The van der Waals surface area contributed by atoms with E-state index in [0.717, 1.165) is 11.0 Å². The van der Waals surface area contributed by atoms with Crippen molar-refractivity contribution in [3.63, 3.8) is 0 Å². The zero-order chi connectivity index (χ0) is 13.1. The van der Waals surface area contributed by atoms with E-state index >= 15 is 0 Å². The van der Waals surface area contributed by atoms with Crippen LogP contribution in [-0.4, -0.2) is 24.2 Å². The van der Waals surface area contributed by atoms with Crippen LogP contribution in [0.25, 0.3) is 0 Å². The van der Waals surface area contributed by atoms with Gasteiger partial charge in [0, 0.05) is 17.8 Å². The summed E-state index contributed by atoms with van der Waals surface area (Å²) < 4.78 is 50.0. The summed E-state index contributed by atoms with van der Waals surface area (Å²) in [6.45, 7) is 0.666. The fourth-order valence-corrected chi connectivity index (χ4v) is 1.47. The van der Waals surface area contributed by atoms with Gasteiger partial charge in [0.25, 0.3) is 0 Å². The summed E-state index contributed by atoms with van der Waals surface area (Å²) in [5.41, 5.74) is 5.83. The van der Waals surface area contributed by atoms with E-state index in [1.807, 2.05) is 0 Å². The van der Waals surface area contributed by atoms with Gasteiger partial charge in [0.1, 0.15) is 5.82 Å². The number of nitrogen functional groups attached to an aromatic ring is 1. The number of benzene rings is 1. The van der Waals surface area contributed by atoms with E-state index in [1.165, 1.54) is 12.1 Å². The zero-order valence-electron chi connectivity index (χ0n) is 9.39. The number of rotatable bonds is 4. The highest BCUT2D eigenvalue weighted by Gasteiger charge is 2.30. The fraction of sp³-hybridized carbons (Fsp3) is 0.455. The second kappa shape index (κ2) is 5.35. The summed E-state index contributed by atoms with van der Waals surface area (Å²) in [7, 11) is 0. The molecule has 0 spiro atoms. The van der Waals surface area contributed by atoms with Gasteiger partial charge >= 0.3 is 6.18 Å². The Morgan fingerprint density at radius 1 is 1.29 bits per heavy atom. The lowest BCUT2D eigenvalue weighted by Crippen LogP contribution is -2.33. The number of anilines is 1. The van der Waals surface area contributed by atoms with Crippen molar-refractivity contribution in [2.45, 2.75) is 19.6 Å². The molecule has 0 heterocycles. The van der Waals surface area contributed by atoms with Crippen molar-refractivity contribution in [1.82, 2.24) is 4.90 Å². The summed E-state index contributed by atoms with van der Waals surface area (Å²) >= 11 is 0. The van der Waals surface area contributed by atoms with Gasteiger partial charge in [0.15, 0.2) is 0 Å². The predicted octanol–water partition coefficient (Wildman–Crippen LogP) is 2.79. The second-order valence-corrected chi connectivity index (χ2v) is 3.77. The summed E-state index contributed by atoms with van der Waals surface area (Å²) in [4.78, 5) is 1.12. The van der Waals surface area contributed by atoms with E-state index in [9.17, 15) is 17.6 Å². The molecule has 0 fully saturated rings.